The van der Waals surface area contributed by atoms with E-state index in [9.17, 15) is 18.0 Å². The molecule has 1 N–H and O–H groups in total. The molecular weight excluding hydrogens is 337 g/mol. The van der Waals surface area contributed by atoms with E-state index >= 15 is 0 Å². The first kappa shape index (κ1) is 18.6. The number of halogens is 3. The molecule has 0 aliphatic rings. The number of ether oxygens (including phenoxy) is 2. The fourth-order valence-corrected chi connectivity index (χ4v) is 1.94. The SMILES string of the molecule is CC(C)(C)NC(=O)Oc1cc(-c2cccnc2)ccc1OC(F)(F)F. The smallest absolute Gasteiger partial charge is 0.406 e. The fraction of sp³-hybridized carbons (Fsp3) is 0.294. The van der Waals surface area contributed by atoms with Crippen molar-refractivity contribution in [3.63, 3.8) is 0 Å². The maximum absolute atomic E-state index is 12.6. The van der Waals surface area contributed by atoms with Crippen LogP contribution in [0.25, 0.3) is 11.1 Å². The monoisotopic (exact) mass is 354 g/mol. The van der Waals surface area contributed by atoms with Crippen LogP contribution in [0.2, 0.25) is 0 Å². The minimum Gasteiger partial charge on any atom is -0.406 e. The molecule has 0 bridgehead atoms. The number of alkyl halides is 3. The van der Waals surface area contributed by atoms with Crippen molar-refractivity contribution in [1.82, 2.24) is 10.3 Å². The molecule has 0 spiro atoms. The van der Waals surface area contributed by atoms with Gasteiger partial charge in [-0.25, -0.2) is 4.79 Å². The summed E-state index contributed by atoms with van der Waals surface area (Å²) in [6, 6.07) is 7.22. The minimum absolute atomic E-state index is 0.347. The van der Waals surface area contributed by atoms with Crippen molar-refractivity contribution in [3.8, 4) is 22.6 Å². The third-order valence-corrected chi connectivity index (χ3v) is 2.84. The molecule has 0 aliphatic heterocycles. The van der Waals surface area contributed by atoms with Crippen LogP contribution in [0.5, 0.6) is 11.5 Å². The van der Waals surface area contributed by atoms with Crippen LogP contribution in [0.1, 0.15) is 20.8 Å². The predicted octanol–water partition coefficient (Wildman–Crippen LogP) is 4.53. The van der Waals surface area contributed by atoms with Gasteiger partial charge >= 0.3 is 12.5 Å². The lowest BCUT2D eigenvalue weighted by molar-refractivity contribution is -0.275. The molecular formula is C17H17F3N2O3. The highest BCUT2D eigenvalue weighted by molar-refractivity contribution is 5.74. The standard InChI is InChI=1S/C17H17F3N2O3/c1-16(2,3)22-15(23)24-14-9-11(12-5-4-8-21-10-12)6-7-13(14)25-17(18,19)20/h4-10H,1-3H3,(H,22,23). The van der Waals surface area contributed by atoms with Gasteiger partial charge in [0, 0.05) is 23.5 Å². The van der Waals surface area contributed by atoms with Crippen LogP contribution in [-0.4, -0.2) is 23.0 Å². The molecule has 8 heteroatoms. The number of amides is 1. The Morgan fingerprint density at radius 3 is 2.36 bits per heavy atom. The number of nitrogens with zero attached hydrogens (tertiary/aromatic N) is 1. The first-order valence-corrected chi connectivity index (χ1v) is 7.34. The normalized spacial score (nSPS) is 11.8. The first-order chi connectivity index (χ1) is 11.5. The largest absolute Gasteiger partial charge is 0.573 e. The lowest BCUT2D eigenvalue weighted by Gasteiger charge is -2.21. The van der Waals surface area contributed by atoms with Crippen LogP contribution < -0.4 is 14.8 Å². The highest BCUT2D eigenvalue weighted by atomic mass is 19.4. The van der Waals surface area contributed by atoms with E-state index in [4.69, 9.17) is 4.74 Å². The summed E-state index contributed by atoms with van der Waals surface area (Å²) >= 11 is 0. The number of pyridine rings is 1. The van der Waals surface area contributed by atoms with E-state index < -0.39 is 23.7 Å². The van der Waals surface area contributed by atoms with Crippen LogP contribution >= 0.6 is 0 Å². The van der Waals surface area contributed by atoms with E-state index in [-0.39, 0.29) is 5.75 Å². The molecule has 1 aromatic carbocycles. The third-order valence-electron chi connectivity index (χ3n) is 2.84. The average molecular weight is 354 g/mol. The lowest BCUT2D eigenvalue weighted by atomic mass is 10.1. The molecule has 134 valence electrons. The molecule has 25 heavy (non-hydrogen) atoms. The Labute approximate surface area is 142 Å². The maximum atomic E-state index is 12.6. The topological polar surface area (TPSA) is 60.5 Å². The van der Waals surface area contributed by atoms with E-state index in [0.29, 0.717) is 11.1 Å². The van der Waals surface area contributed by atoms with Gasteiger partial charge in [0.25, 0.3) is 0 Å². The minimum atomic E-state index is -4.91. The van der Waals surface area contributed by atoms with E-state index in [2.05, 4.69) is 15.0 Å². The van der Waals surface area contributed by atoms with Gasteiger partial charge in [-0.15, -0.1) is 13.2 Å². The van der Waals surface area contributed by atoms with Crippen LogP contribution in [0, 0.1) is 0 Å². The van der Waals surface area contributed by atoms with Gasteiger partial charge in [-0.1, -0.05) is 12.1 Å². The molecule has 1 aromatic heterocycles. The quantitative estimate of drug-likeness (QED) is 0.879. The summed E-state index contributed by atoms with van der Waals surface area (Å²) in [5.41, 5.74) is 0.576. The molecule has 5 nitrogen and oxygen atoms in total. The average Bonchev–Trinajstić information content (AvgIpc) is 2.46. The molecule has 0 saturated heterocycles. The van der Waals surface area contributed by atoms with E-state index in [1.54, 1.807) is 45.3 Å². The number of nitrogens with one attached hydrogen (secondary N) is 1. The lowest BCUT2D eigenvalue weighted by Crippen LogP contribution is -2.42. The molecule has 0 saturated carbocycles. The van der Waals surface area contributed by atoms with Gasteiger partial charge in [-0.05, 0) is 44.5 Å². The molecule has 0 aliphatic carbocycles. The molecule has 0 unspecified atom stereocenters. The zero-order valence-corrected chi connectivity index (χ0v) is 13.8. The Kier molecular flexibility index (Phi) is 5.20. The molecule has 1 amide bonds. The van der Waals surface area contributed by atoms with E-state index in [1.165, 1.54) is 12.1 Å². The Morgan fingerprint density at radius 1 is 1.08 bits per heavy atom. The van der Waals surface area contributed by atoms with E-state index in [0.717, 1.165) is 6.07 Å². The number of benzene rings is 1. The van der Waals surface area contributed by atoms with Gasteiger partial charge in [-0.2, -0.15) is 0 Å². The number of carbonyl (C=O) groups excluding carboxylic acids is 1. The van der Waals surface area contributed by atoms with Crippen molar-refractivity contribution in [1.29, 1.82) is 0 Å². The van der Waals surface area contributed by atoms with Crippen molar-refractivity contribution in [2.75, 3.05) is 0 Å². The molecule has 2 rings (SSSR count). The molecule has 0 radical (unpaired) electrons. The number of aromatic nitrogens is 1. The van der Waals surface area contributed by atoms with Gasteiger partial charge in [0.05, 0.1) is 0 Å². The predicted molar refractivity (Wildman–Crippen MR) is 85.3 cm³/mol. The van der Waals surface area contributed by atoms with Crippen molar-refractivity contribution in [2.24, 2.45) is 0 Å². The van der Waals surface area contributed by atoms with Crippen molar-refractivity contribution >= 4 is 6.09 Å². The Hall–Kier alpha value is -2.77. The van der Waals surface area contributed by atoms with Crippen molar-refractivity contribution in [2.45, 2.75) is 32.7 Å². The van der Waals surface area contributed by atoms with Gasteiger partial charge in [0.15, 0.2) is 11.5 Å². The summed E-state index contributed by atoms with van der Waals surface area (Å²) in [7, 11) is 0. The van der Waals surface area contributed by atoms with E-state index in [1.807, 2.05) is 0 Å². The molecule has 0 fully saturated rings. The van der Waals surface area contributed by atoms with Crippen LogP contribution in [0.15, 0.2) is 42.7 Å². The second-order valence-electron chi connectivity index (χ2n) is 6.22. The van der Waals surface area contributed by atoms with Gasteiger partial charge in [0.2, 0.25) is 0 Å². The number of rotatable bonds is 3. The summed E-state index contributed by atoms with van der Waals surface area (Å²) in [5, 5.41) is 2.51. The van der Waals surface area contributed by atoms with Crippen LogP contribution in [0.3, 0.4) is 0 Å². The summed E-state index contributed by atoms with van der Waals surface area (Å²) in [5.74, 6) is -0.954. The van der Waals surface area contributed by atoms with Crippen LogP contribution in [-0.2, 0) is 0 Å². The van der Waals surface area contributed by atoms with Gasteiger partial charge < -0.3 is 14.8 Å². The number of hydrogen-bond donors (Lipinski definition) is 1. The summed E-state index contributed by atoms with van der Waals surface area (Å²) < 4.78 is 46.7. The third kappa shape index (κ3) is 5.98. The highest BCUT2D eigenvalue weighted by Gasteiger charge is 2.33. The second-order valence-corrected chi connectivity index (χ2v) is 6.22. The maximum Gasteiger partial charge on any atom is 0.573 e. The Morgan fingerprint density at radius 2 is 1.80 bits per heavy atom. The zero-order valence-electron chi connectivity index (χ0n) is 13.8. The van der Waals surface area contributed by atoms with Gasteiger partial charge in [0.1, 0.15) is 0 Å². The van der Waals surface area contributed by atoms with Crippen molar-refractivity contribution < 1.29 is 27.4 Å². The summed E-state index contributed by atoms with van der Waals surface area (Å²) in [4.78, 5) is 15.9. The number of hydrogen-bond acceptors (Lipinski definition) is 4. The summed E-state index contributed by atoms with van der Waals surface area (Å²) in [6.45, 7) is 5.15. The van der Waals surface area contributed by atoms with Crippen LogP contribution in [0.4, 0.5) is 18.0 Å². The van der Waals surface area contributed by atoms with Crippen molar-refractivity contribution in [3.05, 3.63) is 42.7 Å². The molecule has 1 heterocycles. The second kappa shape index (κ2) is 7.00. The zero-order chi connectivity index (χ0) is 18.7. The Bertz CT molecular complexity index is 741. The highest BCUT2D eigenvalue weighted by Crippen LogP contribution is 2.36. The Balaban J connectivity index is 2.36. The summed E-state index contributed by atoms with van der Waals surface area (Å²) in [6.07, 6.45) is -2.69. The fourth-order valence-electron chi connectivity index (χ4n) is 1.94. The first-order valence-electron chi connectivity index (χ1n) is 7.34. The molecule has 0 atom stereocenters. The number of carbonyl (C=O) groups is 1. The van der Waals surface area contributed by atoms with Gasteiger partial charge in [-0.3, -0.25) is 4.98 Å². The molecule has 2 aromatic rings.